The Hall–Kier alpha value is -3.28. The number of piperazine rings is 1. The van der Waals surface area contributed by atoms with Gasteiger partial charge in [0.05, 0.1) is 12.3 Å². The molecular weight excluding hydrogens is 376 g/mol. The topological polar surface area (TPSA) is 61.5 Å². The normalized spacial score (nSPS) is 14.1. The monoisotopic (exact) mass is 404 g/mol. The predicted octanol–water partition coefficient (Wildman–Crippen LogP) is 4.05. The molecule has 0 unspecified atom stereocenters. The van der Waals surface area contributed by atoms with Gasteiger partial charge in [0.25, 0.3) is 5.91 Å². The second-order valence-corrected chi connectivity index (χ2v) is 7.69. The van der Waals surface area contributed by atoms with E-state index in [1.165, 1.54) is 16.8 Å². The molecule has 1 aromatic heterocycles. The zero-order chi connectivity index (χ0) is 21.1. The Kier molecular flexibility index (Phi) is 5.74. The number of carbonyl (C=O) groups is 1. The van der Waals surface area contributed by atoms with Gasteiger partial charge in [-0.1, -0.05) is 17.7 Å². The van der Waals surface area contributed by atoms with Gasteiger partial charge < -0.3 is 14.5 Å². The van der Waals surface area contributed by atoms with E-state index in [1.54, 1.807) is 0 Å². The fourth-order valence-electron chi connectivity index (χ4n) is 3.95. The Morgan fingerprint density at radius 1 is 1.03 bits per heavy atom. The number of aromatic nitrogens is 2. The third kappa shape index (κ3) is 4.17. The summed E-state index contributed by atoms with van der Waals surface area (Å²) in [6.07, 6.45) is 0. The van der Waals surface area contributed by atoms with Gasteiger partial charge in [-0.05, 0) is 62.7 Å². The molecule has 1 saturated heterocycles. The summed E-state index contributed by atoms with van der Waals surface area (Å²) in [5, 5.41) is 7.25. The number of nitrogens with one attached hydrogen (secondary N) is 1. The average Bonchev–Trinajstić information content (AvgIpc) is 3.24. The van der Waals surface area contributed by atoms with Crippen LogP contribution < -0.4 is 9.64 Å². The Labute approximate surface area is 177 Å². The fourth-order valence-corrected chi connectivity index (χ4v) is 3.95. The van der Waals surface area contributed by atoms with Gasteiger partial charge in [-0.25, -0.2) is 0 Å². The van der Waals surface area contributed by atoms with Gasteiger partial charge in [-0.2, -0.15) is 5.10 Å². The van der Waals surface area contributed by atoms with Crippen molar-refractivity contribution in [2.24, 2.45) is 0 Å². The van der Waals surface area contributed by atoms with Gasteiger partial charge in [-0.3, -0.25) is 9.89 Å². The lowest BCUT2D eigenvalue weighted by atomic mass is 10.1. The van der Waals surface area contributed by atoms with Crippen LogP contribution in [-0.4, -0.2) is 53.8 Å². The minimum Gasteiger partial charge on any atom is -0.494 e. The smallest absolute Gasteiger partial charge is 0.272 e. The van der Waals surface area contributed by atoms with Crippen molar-refractivity contribution >= 4 is 11.6 Å². The molecule has 2 heterocycles. The first-order valence-electron chi connectivity index (χ1n) is 10.5. The number of hydrogen-bond donors (Lipinski definition) is 1. The molecule has 1 N–H and O–H groups in total. The summed E-state index contributed by atoms with van der Waals surface area (Å²) in [7, 11) is 0. The second-order valence-electron chi connectivity index (χ2n) is 7.69. The number of hydrogen-bond acceptors (Lipinski definition) is 4. The van der Waals surface area contributed by atoms with Crippen LogP contribution in [-0.2, 0) is 0 Å². The van der Waals surface area contributed by atoms with Crippen molar-refractivity contribution in [3.8, 4) is 17.0 Å². The Morgan fingerprint density at radius 2 is 1.77 bits per heavy atom. The number of benzene rings is 2. The molecule has 0 radical (unpaired) electrons. The first-order chi connectivity index (χ1) is 14.5. The molecule has 156 valence electrons. The Balaban J connectivity index is 1.40. The number of H-pyrrole nitrogens is 1. The molecule has 0 spiro atoms. The molecule has 2 aromatic carbocycles. The summed E-state index contributed by atoms with van der Waals surface area (Å²) in [6, 6.07) is 16.1. The molecule has 0 aliphatic carbocycles. The van der Waals surface area contributed by atoms with Gasteiger partial charge >= 0.3 is 0 Å². The Morgan fingerprint density at radius 3 is 2.43 bits per heavy atom. The number of nitrogens with zero attached hydrogens (tertiary/aromatic N) is 3. The van der Waals surface area contributed by atoms with Gasteiger partial charge in [0.2, 0.25) is 0 Å². The summed E-state index contributed by atoms with van der Waals surface area (Å²) in [5.41, 5.74) is 6.05. The molecule has 30 heavy (non-hydrogen) atoms. The van der Waals surface area contributed by atoms with Crippen LogP contribution >= 0.6 is 0 Å². The van der Waals surface area contributed by atoms with Gasteiger partial charge in [0, 0.05) is 37.4 Å². The van der Waals surface area contributed by atoms with Gasteiger partial charge in [-0.15, -0.1) is 0 Å². The van der Waals surface area contributed by atoms with Crippen LogP contribution in [0.25, 0.3) is 11.3 Å². The third-order valence-corrected chi connectivity index (χ3v) is 5.53. The van der Waals surface area contributed by atoms with Crippen molar-refractivity contribution in [3.05, 3.63) is 65.4 Å². The van der Waals surface area contributed by atoms with Crippen LogP contribution in [0.5, 0.6) is 5.75 Å². The zero-order valence-corrected chi connectivity index (χ0v) is 17.8. The van der Waals surface area contributed by atoms with E-state index in [9.17, 15) is 4.79 Å². The highest BCUT2D eigenvalue weighted by Gasteiger charge is 2.24. The lowest BCUT2D eigenvalue weighted by molar-refractivity contribution is 0.0741. The Bertz CT molecular complexity index is 1020. The van der Waals surface area contributed by atoms with Crippen molar-refractivity contribution in [1.82, 2.24) is 15.1 Å². The van der Waals surface area contributed by atoms with Crippen LogP contribution in [0.2, 0.25) is 0 Å². The first kappa shape index (κ1) is 20.0. The maximum absolute atomic E-state index is 13.0. The summed E-state index contributed by atoms with van der Waals surface area (Å²) >= 11 is 0. The van der Waals surface area contributed by atoms with E-state index < -0.39 is 0 Å². The summed E-state index contributed by atoms with van der Waals surface area (Å²) < 4.78 is 5.48. The van der Waals surface area contributed by atoms with Gasteiger partial charge in [0.15, 0.2) is 0 Å². The molecule has 3 aromatic rings. The number of ether oxygens (including phenoxy) is 1. The molecule has 1 amide bonds. The fraction of sp³-hybridized carbons (Fsp3) is 0.333. The van der Waals surface area contributed by atoms with Crippen molar-refractivity contribution in [2.75, 3.05) is 37.7 Å². The molecular formula is C24H28N4O2. The summed E-state index contributed by atoms with van der Waals surface area (Å²) in [4.78, 5) is 17.2. The number of amides is 1. The summed E-state index contributed by atoms with van der Waals surface area (Å²) in [5.74, 6) is 0.828. The predicted molar refractivity (Wildman–Crippen MR) is 119 cm³/mol. The highest BCUT2D eigenvalue weighted by Crippen LogP contribution is 2.24. The van der Waals surface area contributed by atoms with E-state index in [0.29, 0.717) is 25.4 Å². The molecule has 4 rings (SSSR count). The molecule has 1 aliphatic rings. The number of aryl methyl sites for hydroxylation is 2. The molecule has 0 atom stereocenters. The van der Waals surface area contributed by atoms with Crippen molar-refractivity contribution < 1.29 is 9.53 Å². The van der Waals surface area contributed by atoms with Crippen molar-refractivity contribution in [2.45, 2.75) is 20.8 Å². The maximum Gasteiger partial charge on any atom is 0.272 e. The lowest BCUT2D eigenvalue weighted by Crippen LogP contribution is -2.49. The van der Waals surface area contributed by atoms with Crippen molar-refractivity contribution in [1.29, 1.82) is 0 Å². The number of carbonyl (C=O) groups excluding carboxylic acids is 1. The quantitative estimate of drug-likeness (QED) is 0.697. The SMILES string of the molecule is CCOc1ccc(-c2cc(C(=O)N3CCN(c4ccc(C)cc4C)CC3)[nH]n2)cc1. The highest BCUT2D eigenvalue weighted by atomic mass is 16.5. The zero-order valence-electron chi connectivity index (χ0n) is 17.8. The molecule has 0 bridgehead atoms. The van der Waals surface area contributed by atoms with E-state index >= 15 is 0 Å². The summed E-state index contributed by atoms with van der Waals surface area (Å²) in [6.45, 7) is 9.91. The van der Waals surface area contributed by atoms with E-state index in [1.807, 2.05) is 42.2 Å². The number of aromatic amines is 1. The van der Waals surface area contributed by atoms with Gasteiger partial charge in [0.1, 0.15) is 11.4 Å². The largest absolute Gasteiger partial charge is 0.494 e. The van der Waals surface area contributed by atoms with E-state index in [4.69, 9.17) is 4.74 Å². The van der Waals surface area contributed by atoms with Crippen LogP contribution in [0, 0.1) is 13.8 Å². The minimum atomic E-state index is -0.0000328. The second kappa shape index (κ2) is 8.61. The standard InChI is InChI=1S/C24H28N4O2/c1-4-30-20-8-6-19(7-9-20)21-16-22(26-25-21)24(29)28-13-11-27(12-14-28)23-10-5-17(2)15-18(23)3/h5-10,15-16H,4,11-14H2,1-3H3,(H,25,26). The van der Waals surface area contributed by atoms with Crippen LogP contribution in [0.1, 0.15) is 28.5 Å². The van der Waals surface area contributed by atoms with Crippen molar-refractivity contribution in [3.63, 3.8) is 0 Å². The van der Waals surface area contributed by atoms with E-state index in [2.05, 4.69) is 47.1 Å². The molecule has 6 heteroatoms. The van der Waals surface area contributed by atoms with Crippen LogP contribution in [0.15, 0.2) is 48.5 Å². The highest BCUT2D eigenvalue weighted by molar-refractivity contribution is 5.93. The minimum absolute atomic E-state index is 0.0000328. The number of anilines is 1. The molecule has 6 nitrogen and oxygen atoms in total. The maximum atomic E-state index is 13.0. The molecule has 1 aliphatic heterocycles. The average molecular weight is 405 g/mol. The van der Waals surface area contributed by atoms with E-state index in [0.717, 1.165) is 30.1 Å². The lowest BCUT2D eigenvalue weighted by Gasteiger charge is -2.36. The number of rotatable bonds is 5. The van der Waals surface area contributed by atoms with Crippen LogP contribution in [0.4, 0.5) is 5.69 Å². The third-order valence-electron chi connectivity index (χ3n) is 5.53. The molecule has 0 saturated carbocycles. The first-order valence-corrected chi connectivity index (χ1v) is 10.5. The van der Waals surface area contributed by atoms with Crippen LogP contribution in [0.3, 0.4) is 0 Å². The van der Waals surface area contributed by atoms with E-state index in [-0.39, 0.29) is 5.91 Å². The molecule has 1 fully saturated rings.